The summed E-state index contributed by atoms with van der Waals surface area (Å²) in [6.45, 7) is 1.99. The van der Waals surface area contributed by atoms with Gasteiger partial charge in [0.25, 0.3) is 0 Å². The minimum absolute atomic E-state index is 0.0630. The van der Waals surface area contributed by atoms with Crippen molar-refractivity contribution in [2.75, 3.05) is 12.4 Å². The van der Waals surface area contributed by atoms with Gasteiger partial charge in [-0.3, -0.25) is 10.1 Å². The fourth-order valence-electron chi connectivity index (χ4n) is 2.58. The fourth-order valence-corrected chi connectivity index (χ4v) is 2.58. The third kappa shape index (κ3) is 3.90. The zero-order valence-corrected chi connectivity index (χ0v) is 13.5. The number of hydrogen-bond donors (Lipinski definition) is 2. The summed E-state index contributed by atoms with van der Waals surface area (Å²) in [5.74, 6) is 0.606. The van der Waals surface area contributed by atoms with Crippen LogP contribution in [-0.2, 0) is 4.79 Å². The Morgan fingerprint density at radius 2 is 1.91 bits per heavy atom. The Morgan fingerprint density at radius 1 is 1.17 bits per heavy atom. The normalized spacial score (nSPS) is 15.0. The van der Waals surface area contributed by atoms with Crippen LogP contribution in [0.25, 0.3) is 0 Å². The molecule has 2 aromatic rings. The Bertz CT molecular complexity index is 681. The van der Waals surface area contributed by atoms with Crippen LogP contribution in [0, 0.1) is 6.92 Å². The molecule has 120 valence electrons. The van der Waals surface area contributed by atoms with Crippen molar-refractivity contribution in [2.45, 2.75) is 31.8 Å². The van der Waals surface area contributed by atoms with E-state index >= 15 is 0 Å². The van der Waals surface area contributed by atoms with Crippen LogP contribution in [0.1, 0.15) is 30.0 Å². The molecule has 4 heteroatoms. The molecule has 0 radical (unpaired) electrons. The van der Waals surface area contributed by atoms with E-state index in [-0.39, 0.29) is 11.9 Å². The largest absolute Gasteiger partial charge is 0.495 e. The minimum atomic E-state index is -0.353. The van der Waals surface area contributed by atoms with Crippen molar-refractivity contribution in [3.05, 3.63) is 59.7 Å². The molecule has 1 amide bonds. The number of amides is 1. The molecule has 0 spiro atoms. The van der Waals surface area contributed by atoms with Crippen LogP contribution in [0.2, 0.25) is 0 Å². The van der Waals surface area contributed by atoms with Crippen molar-refractivity contribution in [3.63, 3.8) is 0 Å². The Balaban J connectivity index is 1.82. The number of carbonyl (C=O) groups is 1. The summed E-state index contributed by atoms with van der Waals surface area (Å²) >= 11 is 0. The molecular weight excluding hydrogens is 288 g/mol. The molecule has 1 unspecified atom stereocenters. The van der Waals surface area contributed by atoms with Gasteiger partial charge in [0.15, 0.2) is 0 Å². The zero-order valence-electron chi connectivity index (χ0n) is 13.5. The third-order valence-electron chi connectivity index (χ3n) is 3.99. The second kappa shape index (κ2) is 6.84. The summed E-state index contributed by atoms with van der Waals surface area (Å²) in [7, 11) is 1.61. The first-order valence-corrected chi connectivity index (χ1v) is 7.94. The molecule has 2 aromatic carbocycles. The van der Waals surface area contributed by atoms with Crippen LogP contribution in [0.4, 0.5) is 5.69 Å². The molecule has 1 aliphatic rings. The topological polar surface area (TPSA) is 50.4 Å². The summed E-state index contributed by atoms with van der Waals surface area (Å²) in [6.07, 6.45) is 2.26. The predicted molar refractivity (Wildman–Crippen MR) is 91.7 cm³/mol. The second-order valence-corrected chi connectivity index (χ2v) is 5.98. The van der Waals surface area contributed by atoms with E-state index in [0.29, 0.717) is 17.5 Å². The predicted octanol–water partition coefficient (Wildman–Crippen LogP) is 3.44. The van der Waals surface area contributed by atoms with Crippen LogP contribution in [0.3, 0.4) is 0 Å². The van der Waals surface area contributed by atoms with Gasteiger partial charge in [0.05, 0.1) is 12.8 Å². The summed E-state index contributed by atoms with van der Waals surface area (Å²) in [5, 5.41) is 6.43. The van der Waals surface area contributed by atoms with Gasteiger partial charge < -0.3 is 10.1 Å². The van der Waals surface area contributed by atoms with Crippen LogP contribution in [0.5, 0.6) is 5.75 Å². The highest BCUT2D eigenvalue weighted by atomic mass is 16.5. The van der Waals surface area contributed by atoms with Gasteiger partial charge in [0.2, 0.25) is 5.91 Å². The third-order valence-corrected chi connectivity index (χ3v) is 3.99. The number of benzene rings is 2. The van der Waals surface area contributed by atoms with E-state index in [1.165, 1.54) is 0 Å². The van der Waals surface area contributed by atoms with E-state index in [1.54, 1.807) is 7.11 Å². The molecule has 3 rings (SSSR count). The minimum Gasteiger partial charge on any atom is -0.495 e. The highest BCUT2D eigenvalue weighted by Crippen LogP contribution is 2.28. The number of ether oxygens (including phenoxy) is 1. The maximum atomic E-state index is 12.8. The summed E-state index contributed by atoms with van der Waals surface area (Å²) in [5.41, 5.74) is 2.76. The molecule has 0 saturated heterocycles. The van der Waals surface area contributed by atoms with E-state index in [9.17, 15) is 4.79 Å². The van der Waals surface area contributed by atoms with E-state index in [2.05, 4.69) is 10.6 Å². The molecule has 1 atom stereocenters. The number of methoxy groups -OCH3 is 1. The summed E-state index contributed by atoms with van der Waals surface area (Å²) < 4.78 is 5.34. The molecule has 4 nitrogen and oxygen atoms in total. The number of anilines is 1. The lowest BCUT2D eigenvalue weighted by Crippen LogP contribution is -2.34. The molecule has 1 aliphatic carbocycles. The van der Waals surface area contributed by atoms with E-state index in [4.69, 9.17) is 4.74 Å². The SMILES string of the molecule is COc1ccc(C)cc1NC(=O)C(NC1CC1)c1ccccc1. The molecule has 0 heterocycles. The Hall–Kier alpha value is -2.33. The molecular formula is C19H22N2O2. The van der Waals surface area contributed by atoms with Gasteiger partial charge in [-0.05, 0) is 43.0 Å². The van der Waals surface area contributed by atoms with Gasteiger partial charge >= 0.3 is 0 Å². The van der Waals surface area contributed by atoms with Gasteiger partial charge in [-0.2, -0.15) is 0 Å². The number of carbonyl (C=O) groups excluding carboxylic acids is 1. The summed E-state index contributed by atoms with van der Waals surface area (Å²) in [4.78, 5) is 12.8. The lowest BCUT2D eigenvalue weighted by atomic mass is 10.1. The monoisotopic (exact) mass is 310 g/mol. The molecule has 0 aliphatic heterocycles. The maximum absolute atomic E-state index is 12.8. The van der Waals surface area contributed by atoms with Crippen LogP contribution >= 0.6 is 0 Å². The van der Waals surface area contributed by atoms with Crippen molar-refractivity contribution in [1.82, 2.24) is 5.32 Å². The van der Waals surface area contributed by atoms with E-state index in [1.807, 2.05) is 55.5 Å². The van der Waals surface area contributed by atoms with Crippen molar-refractivity contribution >= 4 is 11.6 Å². The standard InChI is InChI=1S/C19H22N2O2/c1-13-8-11-17(23-2)16(12-13)21-19(22)18(20-15-9-10-15)14-6-4-3-5-7-14/h3-8,11-12,15,18,20H,9-10H2,1-2H3,(H,21,22). The van der Waals surface area contributed by atoms with Crippen molar-refractivity contribution in [3.8, 4) is 5.75 Å². The van der Waals surface area contributed by atoms with Gasteiger partial charge in [0.1, 0.15) is 11.8 Å². The first-order chi connectivity index (χ1) is 11.2. The zero-order chi connectivity index (χ0) is 16.2. The number of nitrogens with one attached hydrogen (secondary N) is 2. The van der Waals surface area contributed by atoms with E-state index < -0.39 is 0 Å². The van der Waals surface area contributed by atoms with Crippen molar-refractivity contribution in [2.24, 2.45) is 0 Å². The average molecular weight is 310 g/mol. The van der Waals surface area contributed by atoms with Crippen molar-refractivity contribution < 1.29 is 9.53 Å². The lowest BCUT2D eigenvalue weighted by molar-refractivity contribution is -0.118. The second-order valence-electron chi connectivity index (χ2n) is 5.98. The van der Waals surface area contributed by atoms with Crippen LogP contribution in [0.15, 0.2) is 48.5 Å². The molecule has 0 bridgehead atoms. The highest BCUT2D eigenvalue weighted by molar-refractivity contribution is 5.96. The first kappa shape index (κ1) is 15.6. The van der Waals surface area contributed by atoms with Gasteiger partial charge in [-0.1, -0.05) is 36.4 Å². The van der Waals surface area contributed by atoms with Gasteiger partial charge in [-0.25, -0.2) is 0 Å². The van der Waals surface area contributed by atoms with Gasteiger partial charge in [-0.15, -0.1) is 0 Å². The Morgan fingerprint density at radius 3 is 2.57 bits per heavy atom. The number of rotatable bonds is 6. The molecule has 1 saturated carbocycles. The average Bonchev–Trinajstić information content (AvgIpc) is 3.38. The molecule has 1 fully saturated rings. The molecule has 2 N–H and O–H groups in total. The Labute approximate surface area is 136 Å². The molecule has 0 aromatic heterocycles. The van der Waals surface area contributed by atoms with E-state index in [0.717, 1.165) is 24.0 Å². The first-order valence-electron chi connectivity index (χ1n) is 7.94. The molecule has 23 heavy (non-hydrogen) atoms. The fraction of sp³-hybridized carbons (Fsp3) is 0.316. The van der Waals surface area contributed by atoms with Crippen LogP contribution < -0.4 is 15.4 Å². The highest BCUT2D eigenvalue weighted by Gasteiger charge is 2.29. The van der Waals surface area contributed by atoms with Crippen LogP contribution in [-0.4, -0.2) is 19.1 Å². The summed E-state index contributed by atoms with van der Waals surface area (Å²) in [6, 6.07) is 15.7. The number of hydrogen-bond acceptors (Lipinski definition) is 3. The Kier molecular flexibility index (Phi) is 4.63. The van der Waals surface area contributed by atoms with Gasteiger partial charge in [0, 0.05) is 6.04 Å². The maximum Gasteiger partial charge on any atom is 0.246 e. The lowest BCUT2D eigenvalue weighted by Gasteiger charge is -2.20. The van der Waals surface area contributed by atoms with Crippen molar-refractivity contribution in [1.29, 1.82) is 0 Å². The quantitative estimate of drug-likeness (QED) is 0.859. The number of aryl methyl sites for hydroxylation is 1. The smallest absolute Gasteiger partial charge is 0.246 e.